The quantitative estimate of drug-likeness (QED) is 0.931. The number of furan rings is 1. The molecule has 0 amide bonds. The van der Waals surface area contributed by atoms with E-state index >= 15 is 0 Å². The SMILES string of the molecule is COC1CCCN(CC(N)c2cc3ccccc3o2)C1. The van der Waals surface area contributed by atoms with Gasteiger partial charge in [0.05, 0.1) is 12.1 Å². The Morgan fingerprint density at radius 3 is 3.10 bits per heavy atom. The highest BCUT2D eigenvalue weighted by molar-refractivity contribution is 5.77. The average molecular weight is 274 g/mol. The van der Waals surface area contributed by atoms with E-state index in [9.17, 15) is 0 Å². The third-order valence-electron chi connectivity index (χ3n) is 4.06. The third kappa shape index (κ3) is 2.87. The van der Waals surface area contributed by atoms with Crippen LogP contribution in [0.25, 0.3) is 11.0 Å². The molecule has 1 aromatic heterocycles. The lowest BCUT2D eigenvalue weighted by Crippen LogP contribution is -2.42. The smallest absolute Gasteiger partial charge is 0.134 e. The molecule has 1 aliphatic rings. The van der Waals surface area contributed by atoms with Crippen molar-refractivity contribution in [2.75, 3.05) is 26.7 Å². The lowest BCUT2D eigenvalue weighted by atomic mass is 10.1. The number of rotatable bonds is 4. The lowest BCUT2D eigenvalue weighted by Gasteiger charge is -2.33. The number of hydrogen-bond donors (Lipinski definition) is 1. The van der Waals surface area contributed by atoms with E-state index in [4.69, 9.17) is 14.9 Å². The molecule has 2 N–H and O–H groups in total. The Hall–Kier alpha value is -1.36. The third-order valence-corrected chi connectivity index (χ3v) is 4.06. The van der Waals surface area contributed by atoms with E-state index < -0.39 is 0 Å². The van der Waals surface area contributed by atoms with Gasteiger partial charge in [0.1, 0.15) is 11.3 Å². The Morgan fingerprint density at radius 2 is 2.30 bits per heavy atom. The van der Waals surface area contributed by atoms with Crippen LogP contribution < -0.4 is 5.73 Å². The molecular weight excluding hydrogens is 252 g/mol. The molecule has 1 aromatic carbocycles. The first kappa shape index (κ1) is 13.6. The number of nitrogens with zero attached hydrogens (tertiary/aromatic N) is 1. The first-order chi connectivity index (χ1) is 9.76. The molecule has 2 atom stereocenters. The molecule has 0 saturated carbocycles. The first-order valence-corrected chi connectivity index (χ1v) is 7.25. The number of likely N-dealkylation sites (tertiary alicyclic amines) is 1. The lowest BCUT2D eigenvalue weighted by molar-refractivity contribution is 0.0288. The van der Waals surface area contributed by atoms with Gasteiger partial charge in [-0.2, -0.15) is 0 Å². The van der Waals surface area contributed by atoms with Gasteiger partial charge in [0.2, 0.25) is 0 Å². The van der Waals surface area contributed by atoms with E-state index in [0.717, 1.165) is 42.8 Å². The van der Waals surface area contributed by atoms with Gasteiger partial charge in [-0.05, 0) is 31.5 Å². The molecule has 0 aliphatic carbocycles. The summed E-state index contributed by atoms with van der Waals surface area (Å²) in [7, 11) is 1.79. The van der Waals surface area contributed by atoms with Crippen LogP contribution in [0.4, 0.5) is 0 Å². The molecule has 0 radical (unpaired) electrons. The van der Waals surface area contributed by atoms with Crippen LogP contribution in [0.1, 0.15) is 24.6 Å². The molecular formula is C16H22N2O2. The number of nitrogens with two attached hydrogens (primary N) is 1. The van der Waals surface area contributed by atoms with E-state index in [1.54, 1.807) is 7.11 Å². The van der Waals surface area contributed by atoms with Crippen molar-refractivity contribution in [3.05, 3.63) is 36.1 Å². The zero-order valence-corrected chi connectivity index (χ0v) is 11.9. The van der Waals surface area contributed by atoms with Crippen LogP contribution >= 0.6 is 0 Å². The predicted molar refractivity (Wildman–Crippen MR) is 79.6 cm³/mol. The number of hydrogen-bond acceptors (Lipinski definition) is 4. The van der Waals surface area contributed by atoms with Crippen molar-refractivity contribution < 1.29 is 9.15 Å². The number of methoxy groups -OCH3 is 1. The molecule has 1 saturated heterocycles. The predicted octanol–water partition coefficient (Wildman–Crippen LogP) is 2.54. The van der Waals surface area contributed by atoms with Crippen LogP contribution in [0.3, 0.4) is 0 Å². The Morgan fingerprint density at radius 1 is 1.45 bits per heavy atom. The van der Waals surface area contributed by atoms with Crippen LogP contribution in [0.5, 0.6) is 0 Å². The highest BCUT2D eigenvalue weighted by Gasteiger charge is 2.22. The van der Waals surface area contributed by atoms with E-state index in [0.29, 0.717) is 6.10 Å². The molecule has 4 heteroatoms. The van der Waals surface area contributed by atoms with Gasteiger partial charge in [-0.1, -0.05) is 18.2 Å². The van der Waals surface area contributed by atoms with E-state index in [1.165, 1.54) is 6.42 Å². The largest absolute Gasteiger partial charge is 0.459 e. The summed E-state index contributed by atoms with van der Waals surface area (Å²) in [6.07, 6.45) is 2.66. The van der Waals surface area contributed by atoms with Gasteiger partial charge in [0.15, 0.2) is 0 Å². The Labute approximate surface area is 119 Å². The summed E-state index contributed by atoms with van der Waals surface area (Å²) in [6.45, 7) is 2.87. The van der Waals surface area contributed by atoms with Crippen molar-refractivity contribution >= 4 is 11.0 Å². The maximum atomic E-state index is 6.30. The zero-order chi connectivity index (χ0) is 13.9. The van der Waals surface area contributed by atoms with Crippen LogP contribution in [-0.2, 0) is 4.74 Å². The Kier molecular flexibility index (Phi) is 4.05. The summed E-state index contributed by atoms with van der Waals surface area (Å²) >= 11 is 0. The number of ether oxygens (including phenoxy) is 1. The zero-order valence-electron chi connectivity index (χ0n) is 11.9. The number of benzene rings is 1. The van der Waals surface area contributed by atoms with Gasteiger partial charge in [0.25, 0.3) is 0 Å². The monoisotopic (exact) mass is 274 g/mol. The molecule has 1 aliphatic heterocycles. The van der Waals surface area contributed by atoms with E-state index in [-0.39, 0.29) is 6.04 Å². The topological polar surface area (TPSA) is 51.6 Å². The van der Waals surface area contributed by atoms with E-state index in [1.807, 2.05) is 18.2 Å². The Balaban J connectivity index is 1.67. The molecule has 4 nitrogen and oxygen atoms in total. The van der Waals surface area contributed by atoms with E-state index in [2.05, 4.69) is 17.0 Å². The second-order valence-electron chi connectivity index (χ2n) is 5.55. The minimum Gasteiger partial charge on any atom is -0.459 e. The summed E-state index contributed by atoms with van der Waals surface area (Å²) in [5.74, 6) is 0.866. The molecule has 2 unspecified atom stereocenters. The summed E-state index contributed by atoms with van der Waals surface area (Å²) in [4.78, 5) is 2.37. The summed E-state index contributed by atoms with van der Waals surface area (Å²) in [5.41, 5.74) is 7.21. The fourth-order valence-corrected chi connectivity index (χ4v) is 2.92. The minimum atomic E-state index is -0.0852. The average Bonchev–Trinajstić information content (AvgIpc) is 2.91. The molecule has 1 fully saturated rings. The molecule has 0 spiro atoms. The number of para-hydroxylation sites is 1. The number of piperidine rings is 1. The van der Waals surface area contributed by atoms with Crippen LogP contribution in [0, 0.1) is 0 Å². The van der Waals surface area contributed by atoms with Crippen LogP contribution in [-0.4, -0.2) is 37.7 Å². The molecule has 108 valence electrons. The highest BCUT2D eigenvalue weighted by atomic mass is 16.5. The minimum absolute atomic E-state index is 0.0852. The van der Waals surface area contributed by atoms with Crippen molar-refractivity contribution in [1.29, 1.82) is 0 Å². The van der Waals surface area contributed by atoms with Crippen molar-refractivity contribution in [1.82, 2.24) is 4.90 Å². The first-order valence-electron chi connectivity index (χ1n) is 7.25. The van der Waals surface area contributed by atoms with Gasteiger partial charge >= 0.3 is 0 Å². The van der Waals surface area contributed by atoms with Crippen LogP contribution in [0.15, 0.2) is 34.7 Å². The second-order valence-corrected chi connectivity index (χ2v) is 5.55. The van der Waals surface area contributed by atoms with Crippen LogP contribution in [0.2, 0.25) is 0 Å². The van der Waals surface area contributed by atoms with Crippen molar-refractivity contribution in [3.63, 3.8) is 0 Å². The summed E-state index contributed by atoms with van der Waals surface area (Å²) in [6, 6.07) is 10.00. The summed E-state index contributed by atoms with van der Waals surface area (Å²) < 4.78 is 11.3. The molecule has 3 rings (SSSR count). The fourth-order valence-electron chi connectivity index (χ4n) is 2.92. The molecule has 2 aromatic rings. The number of fused-ring (bicyclic) bond motifs is 1. The fraction of sp³-hybridized carbons (Fsp3) is 0.500. The maximum absolute atomic E-state index is 6.30. The summed E-state index contributed by atoms with van der Waals surface area (Å²) in [5, 5.41) is 1.12. The van der Waals surface area contributed by atoms with Gasteiger partial charge in [0, 0.05) is 25.6 Å². The second kappa shape index (κ2) is 5.95. The highest BCUT2D eigenvalue weighted by Crippen LogP contribution is 2.24. The van der Waals surface area contributed by atoms with Gasteiger partial charge in [-0.3, -0.25) is 4.90 Å². The molecule has 20 heavy (non-hydrogen) atoms. The molecule has 2 heterocycles. The molecule has 0 bridgehead atoms. The van der Waals surface area contributed by atoms with Crippen molar-refractivity contribution in [2.24, 2.45) is 5.73 Å². The van der Waals surface area contributed by atoms with Crippen molar-refractivity contribution in [2.45, 2.75) is 25.0 Å². The van der Waals surface area contributed by atoms with Gasteiger partial charge in [-0.15, -0.1) is 0 Å². The maximum Gasteiger partial charge on any atom is 0.134 e. The standard InChI is InChI=1S/C16H22N2O2/c1-19-13-6-4-8-18(10-13)11-14(17)16-9-12-5-2-3-7-15(12)20-16/h2-3,5,7,9,13-14H,4,6,8,10-11,17H2,1H3. The normalized spacial score (nSPS) is 22.2. The Bertz CT molecular complexity index is 533. The van der Waals surface area contributed by atoms with Crippen molar-refractivity contribution in [3.8, 4) is 0 Å². The van der Waals surface area contributed by atoms with Gasteiger partial charge < -0.3 is 14.9 Å². The van der Waals surface area contributed by atoms with Gasteiger partial charge in [-0.25, -0.2) is 0 Å².